The summed E-state index contributed by atoms with van der Waals surface area (Å²) in [5.41, 5.74) is 1.07. The number of aromatic amines is 1. The predicted molar refractivity (Wildman–Crippen MR) is 52.4 cm³/mol. The first kappa shape index (κ1) is 7.68. The summed E-state index contributed by atoms with van der Waals surface area (Å²) in [4.78, 5) is 2.78. The molecule has 0 aliphatic heterocycles. The standard InChI is InChI=1S/C9H8BrNO/c1-5-2-7(10)3-6-4-11-9(12)8(5)6/h2-4,11-12H,1H3. The zero-order valence-electron chi connectivity index (χ0n) is 6.56. The molecule has 3 heteroatoms. The molecule has 12 heavy (non-hydrogen) atoms. The number of hydrogen-bond donors (Lipinski definition) is 2. The number of benzene rings is 1. The normalized spacial score (nSPS) is 10.8. The van der Waals surface area contributed by atoms with Crippen LogP contribution < -0.4 is 0 Å². The van der Waals surface area contributed by atoms with Crippen molar-refractivity contribution in [3.8, 4) is 5.88 Å². The van der Waals surface area contributed by atoms with Crippen LogP contribution in [0.3, 0.4) is 0 Å². The molecule has 0 spiro atoms. The van der Waals surface area contributed by atoms with Crippen molar-refractivity contribution in [2.24, 2.45) is 0 Å². The highest BCUT2D eigenvalue weighted by molar-refractivity contribution is 9.10. The van der Waals surface area contributed by atoms with Crippen LogP contribution in [0.5, 0.6) is 5.88 Å². The number of aromatic hydroxyl groups is 1. The number of rotatable bonds is 0. The third kappa shape index (κ3) is 1.01. The highest BCUT2D eigenvalue weighted by atomic mass is 79.9. The molecule has 0 saturated heterocycles. The van der Waals surface area contributed by atoms with Crippen LogP contribution in [-0.4, -0.2) is 10.1 Å². The molecule has 0 aliphatic rings. The molecule has 62 valence electrons. The van der Waals surface area contributed by atoms with Gasteiger partial charge in [-0.3, -0.25) is 0 Å². The summed E-state index contributed by atoms with van der Waals surface area (Å²) in [5.74, 6) is 0.245. The first-order chi connectivity index (χ1) is 5.68. The fourth-order valence-corrected chi connectivity index (χ4v) is 2.01. The summed E-state index contributed by atoms with van der Waals surface area (Å²) >= 11 is 3.40. The molecule has 1 heterocycles. The molecule has 2 rings (SSSR count). The molecule has 0 bridgehead atoms. The van der Waals surface area contributed by atoms with Gasteiger partial charge in [0.15, 0.2) is 5.88 Å². The van der Waals surface area contributed by atoms with Gasteiger partial charge in [0.1, 0.15) is 0 Å². The lowest BCUT2D eigenvalue weighted by atomic mass is 10.1. The molecule has 0 unspecified atom stereocenters. The van der Waals surface area contributed by atoms with E-state index in [9.17, 15) is 5.11 Å². The van der Waals surface area contributed by atoms with Gasteiger partial charge in [-0.2, -0.15) is 0 Å². The summed E-state index contributed by atoms with van der Waals surface area (Å²) < 4.78 is 1.03. The van der Waals surface area contributed by atoms with Gasteiger partial charge in [-0.15, -0.1) is 0 Å². The van der Waals surface area contributed by atoms with Crippen molar-refractivity contribution >= 4 is 26.7 Å². The lowest BCUT2D eigenvalue weighted by Crippen LogP contribution is -1.74. The molecular weight excluding hydrogens is 218 g/mol. The van der Waals surface area contributed by atoms with Gasteiger partial charge in [0, 0.05) is 21.4 Å². The van der Waals surface area contributed by atoms with Gasteiger partial charge >= 0.3 is 0 Å². The summed E-state index contributed by atoms with van der Waals surface area (Å²) in [6.45, 7) is 1.97. The van der Waals surface area contributed by atoms with E-state index in [0.717, 1.165) is 20.8 Å². The van der Waals surface area contributed by atoms with Gasteiger partial charge in [-0.1, -0.05) is 15.9 Å². The van der Waals surface area contributed by atoms with Crippen molar-refractivity contribution in [3.63, 3.8) is 0 Å². The summed E-state index contributed by atoms with van der Waals surface area (Å²) in [6.07, 6.45) is 1.79. The minimum atomic E-state index is 0.245. The van der Waals surface area contributed by atoms with Crippen LogP contribution in [0.25, 0.3) is 10.8 Å². The van der Waals surface area contributed by atoms with E-state index in [1.54, 1.807) is 6.20 Å². The molecule has 2 aromatic rings. The van der Waals surface area contributed by atoms with Crippen LogP contribution in [-0.2, 0) is 0 Å². The predicted octanol–water partition coefficient (Wildman–Crippen LogP) is 2.94. The molecule has 0 aliphatic carbocycles. The maximum absolute atomic E-state index is 9.41. The zero-order valence-corrected chi connectivity index (χ0v) is 8.14. The van der Waals surface area contributed by atoms with Crippen LogP contribution in [0, 0.1) is 6.92 Å². The van der Waals surface area contributed by atoms with Gasteiger partial charge in [-0.05, 0) is 24.6 Å². The second-order valence-corrected chi connectivity index (χ2v) is 3.74. The minimum Gasteiger partial charge on any atom is -0.494 e. The number of hydrogen-bond acceptors (Lipinski definition) is 1. The van der Waals surface area contributed by atoms with E-state index < -0.39 is 0 Å². The molecular formula is C9H8BrNO. The molecule has 0 radical (unpaired) electrons. The molecule has 0 fully saturated rings. The SMILES string of the molecule is Cc1cc(Br)cc2c[nH]c(O)c12. The molecule has 0 atom stereocenters. The Hall–Kier alpha value is -0.960. The van der Waals surface area contributed by atoms with Crippen molar-refractivity contribution in [1.29, 1.82) is 0 Å². The van der Waals surface area contributed by atoms with Crippen molar-refractivity contribution in [2.45, 2.75) is 6.92 Å². The Morgan fingerprint density at radius 3 is 2.92 bits per heavy atom. The Bertz CT molecular complexity index is 433. The molecule has 1 aromatic carbocycles. The average Bonchev–Trinajstić information content (AvgIpc) is 2.31. The Morgan fingerprint density at radius 2 is 2.17 bits per heavy atom. The Kier molecular flexibility index (Phi) is 1.61. The lowest BCUT2D eigenvalue weighted by molar-refractivity contribution is 0.462. The van der Waals surface area contributed by atoms with E-state index in [0.29, 0.717) is 0 Å². The average molecular weight is 226 g/mol. The van der Waals surface area contributed by atoms with E-state index >= 15 is 0 Å². The highest BCUT2D eigenvalue weighted by Crippen LogP contribution is 2.29. The van der Waals surface area contributed by atoms with E-state index in [-0.39, 0.29) is 5.88 Å². The number of nitrogens with one attached hydrogen (secondary N) is 1. The Morgan fingerprint density at radius 1 is 1.42 bits per heavy atom. The zero-order chi connectivity index (χ0) is 8.72. The molecule has 2 N–H and O–H groups in total. The van der Waals surface area contributed by atoms with E-state index in [4.69, 9.17) is 0 Å². The molecule has 0 amide bonds. The van der Waals surface area contributed by atoms with Gasteiger partial charge in [-0.25, -0.2) is 0 Å². The fourth-order valence-electron chi connectivity index (χ4n) is 1.42. The van der Waals surface area contributed by atoms with Crippen LogP contribution in [0.15, 0.2) is 22.8 Å². The molecule has 1 aromatic heterocycles. The van der Waals surface area contributed by atoms with Crippen molar-refractivity contribution in [3.05, 3.63) is 28.4 Å². The number of aromatic nitrogens is 1. The third-order valence-corrected chi connectivity index (χ3v) is 2.39. The monoisotopic (exact) mass is 225 g/mol. The number of fused-ring (bicyclic) bond motifs is 1. The summed E-state index contributed by atoms with van der Waals surface area (Å²) in [7, 11) is 0. The molecule has 2 nitrogen and oxygen atoms in total. The van der Waals surface area contributed by atoms with Crippen LogP contribution in [0.2, 0.25) is 0 Å². The Labute approximate surface area is 78.3 Å². The number of halogens is 1. The van der Waals surface area contributed by atoms with Crippen LogP contribution in [0.1, 0.15) is 5.56 Å². The summed E-state index contributed by atoms with van der Waals surface area (Å²) in [5, 5.41) is 11.3. The topological polar surface area (TPSA) is 36.0 Å². The third-order valence-electron chi connectivity index (χ3n) is 1.93. The fraction of sp³-hybridized carbons (Fsp3) is 0.111. The summed E-state index contributed by atoms with van der Waals surface area (Å²) in [6, 6.07) is 3.95. The number of H-pyrrole nitrogens is 1. The second-order valence-electron chi connectivity index (χ2n) is 2.82. The quantitative estimate of drug-likeness (QED) is 0.711. The maximum Gasteiger partial charge on any atom is 0.196 e. The first-order valence-corrected chi connectivity index (χ1v) is 4.44. The first-order valence-electron chi connectivity index (χ1n) is 3.64. The van der Waals surface area contributed by atoms with E-state index in [1.165, 1.54) is 0 Å². The van der Waals surface area contributed by atoms with E-state index in [1.807, 2.05) is 19.1 Å². The lowest BCUT2D eigenvalue weighted by Gasteiger charge is -1.97. The second kappa shape index (κ2) is 2.52. The van der Waals surface area contributed by atoms with Gasteiger partial charge < -0.3 is 10.1 Å². The number of aryl methyl sites for hydroxylation is 1. The highest BCUT2D eigenvalue weighted by Gasteiger charge is 2.05. The largest absolute Gasteiger partial charge is 0.494 e. The van der Waals surface area contributed by atoms with E-state index in [2.05, 4.69) is 20.9 Å². The van der Waals surface area contributed by atoms with Crippen molar-refractivity contribution in [1.82, 2.24) is 4.98 Å². The van der Waals surface area contributed by atoms with Gasteiger partial charge in [0.25, 0.3) is 0 Å². The van der Waals surface area contributed by atoms with Crippen molar-refractivity contribution in [2.75, 3.05) is 0 Å². The van der Waals surface area contributed by atoms with Gasteiger partial charge in [0.2, 0.25) is 0 Å². The minimum absolute atomic E-state index is 0.245. The van der Waals surface area contributed by atoms with Crippen LogP contribution in [0.4, 0.5) is 0 Å². The van der Waals surface area contributed by atoms with Crippen molar-refractivity contribution < 1.29 is 5.11 Å². The smallest absolute Gasteiger partial charge is 0.196 e. The molecule has 0 saturated carbocycles. The maximum atomic E-state index is 9.41. The Balaban J connectivity index is 2.93. The van der Waals surface area contributed by atoms with Crippen LogP contribution >= 0.6 is 15.9 Å². The van der Waals surface area contributed by atoms with Gasteiger partial charge in [0.05, 0.1) is 0 Å².